The smallest absolute Gasteiger partial charge is 0.341 e. The van der Waals surface area contributed by atoms with Gasteiger partial charge in [-0.25, -0.2) is 9.78 Å². The summed E-state index contributed by atoms with van der Waals surface area (Å²) in [7, 11) is 3.12. The number of methoxy groups -OCH3 is 1. The largest absolute Gasteiger partial charge is 0.465 e. The lowest BCUT2D eigenvalue weighted by Gasteiger charge is -2.04. The van der Waals surface area contributed by atoms with Crippen molar-refractivity contribution in [2.45, 2.75) is 25.7 Å². The highest BCUT2D eigenvalue weighted by molar-refractivity contribution is 6.01. The van der Waals surface area contributed by atoms with E-state index in [9.17, 15) is 9.59 Å². The van der Waals surface area contributed by atoms with E-state index in [1.165, 1.54) is 12.7 Å². The number of aromatic nitrogens is 3. The summed E-state index contributed by atoms with van der Waals surface area (Å²) in [5, 5.41) is 4.04. The van der Waals surface area contributed by atoms with Crippen molar-refractivity contribution in [1.29, 1.82) is 0 Å². The van der Waals surface area contributed by atoms with Crippen molar-refractivity contribution in [1.82, 2.24) is 14.8 Å². The second-order valence-corrected chi connectivity index (χ2v) is 7.33. The number of ketones is 1. The molecule has 0 radical (unpaired) electrons. The number of carbonyl (C=O) groups excluding carboxylic acids is 2. The van der Waals surface area contributed by atoms with Crippen molar-refractivity contribution in [3.8, 4) is 11.5 Å². The molecular formula is C24H23N3O4. The maximum Gasteiger partial charge on any atom is 0.341 e. The maximum atomic E-state index is 12.2. The number of ether oxygens (including phenoxy) is 1. The van der Waals surface area contributed by atoms with Gasteiger partial charge in [-0.3, -0.25) is 9.48 Å². The van der Waals surface area contributed by atoms with Crippen LogP contribution in [0.4, 0.5) is 0 Å². The van der Waals surface area contributed by atoms with Crippen LogP contribution in [-0.4, -0.2) is 33.6 Å². The topological polar surface area (TPSA) is 87.2 Å². The first-order valence-corrected chi connectivity index (χ1v) is 10.1. The zero-order valence-electron chi connectivity index (χ0n) is 17.5. The van der Waals surface area contributed by atoms with Crippen LogP contribution in [0.25, 0.3) is 22.6 Å². The average Bonchev–Trinajstić information content (AvgIpc) is 3.42. The molecule has 0 aliphatic rings. The lowest BCUT2D eigenvalue weighted by atomic mass is 10.0. The molecule has 0 spiro atoms. The molecule has 0 fully saturated rings. The number of unbranched alkanes of at least 4 members (excludes halogenated alkanes) is 1. The number of carbonyl (C=O) groups is 2. The number of esters is 1. The molecule has 7 heteroatoms. The second kappa shape index (κ2) is 8.95. The van der Waals surface area contributed by atoms with Crippen LogP contribution in [0.1, 0.15) is 45.7 Å². The van der Waals surface area contributed by atoms with E-state index in [-0.39, 0.29) is 5.78 Å². The third-order valence-corrected chi connectivity index (χ3v) is 5.25. The zero-order chi connectivity index (χ0) is 21.8. The number of fused-ring (bicyclic) bond motifs is 1. The molecule has 0 bridgehead atoms. The number of benzene rings is 2. The van der Waals surface area contributed by atoms with Gasteiger partial charge in [0.2, 0.25) is 5.89 Å². The molecule has 0 aliphatic carbocycles. The van der Waals surface area contributed by atoms with Crippen molar-refractivity contribution in [3.05, 3.63) is 71.5 Å². The van der Waals surface area contributed by atoms with Gasteiger partial charge in [0, 0.05) is 25.2 Å². The number of hydrogen-bond acceptors (Lipinski definition) is 6. The quantitative estimate of drug-likeness (QED) is 0.236. The van der Waals surface area contributed by atoms with E-state index in [0.29, 0.717) is 34.7 Å². The van der Waals surface area contributed by atoms with Gasteiger partial charge in [0.1, 0.15) is 16.8 Å². The second-order valence-electron chi connectivity index (χ2n) is 7.33. The number of nitrogens with zero attached hydrogens (tertiary/aromatic N) is 3. The van der Waals surface area contributed by atoms with E-state index < -0.39 is 5.97 Å². The molecule has 2 aromatic carbocycles. The molecule has 4 aromatic rings. The number of hydrogen-bond donors (Lipinski definition) is 0. The Balaban J connectivity index is 1.38. The Kier molecular flexibility index (Phi) is 5.93. The van der Waals surface area contributed by atoms with E-state index in [1.807, 2.05) is 24.3 Å². The maximum absolute atomic E-state index is 12.2. The van der Waals surface area contributed by atoms with Gasteiger partial charge in [-0.15, -0.1) is 0 Å². The van der Waals surface area contributed by atoms with E-state index in [0.717, 1.165) is 24.8 Å². The van der Waals surface area contributed by atoms with Gasteiger partial charge in [0.25, 0.3) is 0 Å². The van der Waals surface area contributed by atoms with E-state index >= 15 is 0 Å². The van der Waals surface area contributed by atoms with E-state index in [4.69, 9.17) is 9.15 Å². The van der Waals surface area contributed by atoms with Crippen molar-refractivity contribution in [3.63, 3.8) is 0 Å². The standard InChI is InChI=1S/C24H23N3O4/c1-27-20(14-15-25-27)21(28)9-4-3-6-16-10-12-17(13-11-16)23-26-19-8-5-7-18(22(19)31-23)24(29)30-2/h5,7-8,10-15H,3-4,6,9H2,1-2H3. The molecule has 0 aliphatic heterocycles. The first-order valence-electron chi connectivity index (χ1n) is 10.1. The van der Waals surface area contributed by atoms with Gasteiger partial charge < -0.3 is 9.15 Å². The van der Waals surface area contributed by atoms with Crippen LogP contribution >= 0.6 is 0 Å². The Morgan fingerprint density at radius 1 is 1.06 bits per heavy atom. The fourth-order valence-electron chi connectivity index (χ4n) is 3.55. The summed E-state index contributed by atoms with van der Waals surface area (Å²) in [5.74, 6) is 0.128. The molecular weight excluding hydrogens is 394 g/mol. The lowest BCUT2D eigenvalue weighted by molar-refractivity contribution is 0.0601. The molecule has 0 unspecified atom stereocenters. The van der Waals surface area contributed by atoms with Crippen LogP contribution in [-0.2, 0) is 18.2 Å². The molecule has 0 N–H and O–H groups in total. The predicted molar refractivity (Wildman–Crippen MR) is 116 cm³/mol. The summed E-state index contributed by atoms with van der Waals surface area (Å²) in [6.45, 7) is 0. The zero-order valence-corrected chi connectivity index (χ0v) is 17.5. The molecule has 4 rings (SSSR count). The minimum absolute atomic E-state index is 0.123. The molecule has 0 saturated carbocycles. The molecule has 0 saturated heterocycles. The third kappa shape index (κ3) is 4.40. The van der Waals surface area contributed by atoms with E-state index in [1.54, 1.807) is 42.2 Å². The molecule has 0 amide bonds. The number of para-hydroxylation sites is 1. The normalized spacial score (nSPS) is 11.0. The fraction of sp³-hybridized carbons (Fsp3) is 0.250. The minimum atomic E-state index is -0.453. The first-order chi connectivity index (χ1) is 15.1. The van der Waals surface area contributed by atoms with Crippen LogP contribution in [0.3, 0.4) is 0 Å². The Hall–Kier alpha value is -3.74. The van der Waals surface area contributed by atoms with Crippen LogP contribution in [0.5, 0.6) is 0 Å². The number of oxazole rings is 1. The Morgan fingerprint density at radius 3 is 2.58 bits per heavy atom. The number of aryl methyl sites for hydroxylation is 2. The summed E-state index contributed by atoms with van der Waals surface area (Å²) in [6.07, 6.45) is 4.80. The number of rotatable bonds is 8. The van der Waals surface area contributed by atoms with Crippen LogP contribution in [0, 0.1) is 0 Å². The highest BCUT2D eigenvalue weighted by Gasteiger charge is 2.16. The van der Waals surface area contributed by atoms with Gasteiger partial charge in [-0.1, -0.05) is 18.2 Å². The van der Waals surface area contributed by atoms with Crippen molar-refractivity contribution in [2.75, 3.05) is 7.11 Å². The van der Waals surface area contributed by atoms with Crippen molar-refractivity contribution in [2.24, 2.45) is 7.05 Å². The molecule has 31 heavy (non-hydrogen) atoms. The predicted octanol–water partition coefficient (Wildman–Crippen LogP) is 4.61. The Morgan fingerprint density at radius 2 is 1.87 bits per heavy atom. The third-order valence-electron chi connectivity index (χ3n) is 5.25. The summed E-state index contributed by atoms with van der Waals surface area (Å²) in [5.41, 5.74) is 4.06. The summed E-state index contributed by atoms with van der Waals surface area (Å²) in [6, 6.07) is 14.9. The van der Waals surface area contributed by atoms with Gasteiger partial charge in [0.15, 0.2) is 11.4 Å². The molecule has 2 aromatic heterocycles. The van der Waals surface area contributed by atoms with Gasteiger partial charge in [-0.05, 0) is 55.2 Å². The monoisotopic (exact) mass is 417 g/mol. The molecule has 2 heterocycles. The summed E-state index contributed by atoms with van der Waals surface area (Å²) in [4.78, 5) is 28.6. The summed E-state index contributed by atoms with van der Waals surface area (Å²) < 4.78 is 12.3. The Bertz CT molecular complexity index is 1220. The lowest BCUT2D eigenvalue weighted by Crippen LogP contribution is -2.06. The van der Waals surface area contributed by atoms with Crippen LogP contribution in [0.15, 0.2) is 59.1 Å². The van der Waals surface area contributed by atoms with Crippen LogP contribution in [0.2, 0.25) is 0 Å². The highest BCUT2D eigenvalue weighted by Crippen LogP contribution is 2.27. The van der Waals surface area contributed by atoms with Crippen LogP contribution < -0.4 is 0 Å². The Labute approximate surface area is 179 Å². The SMILES string of the molecule is COC(=O)c1cccc2nc(-c3ccc(CCCCC(=O)c4ccnn4C)cc3)oc12. The fourth-order valence-corrected chi connectivity index (χ4v) is 3.55. The molecule has 7 nitrogen and oxygen atoms in total. The molecule has 0 atom stereocenters. The highest BCUT2D eigenvalue weighted by atomic mass is 16.5. The van der Waals surface area contributed by atoms with Crippen molar-refractivity contribution < 1.29 is 18.7 Å². The average molecular weight is 417 g/mol. The van der Waals surface area contributed by atoms with E-state index in [2.05, 4.69) is 10.1 Å². The van der Waals surface area contributed by atoms with Gasteiger partial charge in [-0.2, -0.15) is 5.10 Å². The number of Topliss-reactive ketones (excluding diaryl/α,β-unsaturated/α-hetero) is 1. The van der Waals surface area contributed by atoms with Crippen molar-refractivity contribution >= 4 is 22.9 Å². The van der Waals surface area contributed by atoms with Gasteiger partial charge >= 0.3 is 5.97 Å². The molecule has 158 valence electrons. The summed E-state index contributed by atoms with van der Waals surface area (Å²) >= 11 is 0. The first kappa shape index (κ1) is 20.5. The van der Waals surface area contributed by atoms with Gasteiger partial charge in [0.05, 0.1) is 7.11 Å². The minimum Gasteiger partial charge on any atom is -0.465 e.